The summed E-state index contributed by atoms with van der Waals surface area (Å²) in [4.78, 5) is 18.3. The van der Waals surface area contributed by atoms with Crippen LogP contribution >= 0.6 is 0 Å². The van der Waals surface area contributed by atoms with Crippen LogP contribution in [-0.4, -0.2) is 56.6 Å². The second kappa shape index (κ2) is 9.61. The highest BCUT2D eigenvalue weighted by Crippen LogP contribution is 2.42. The molecule has 0 radical (unpaired) electrons. The van der Waals surface area contributed by atoms with Crippen LogP contribution in [0.2, 0.25) is 0 Å². The number of ether oxygens (including phenoxy) is 2. The lowest BCUT2D eigenvalue weighted by Crippen LogP contribution is -2.43. The number of carbonyl (C=O) groups is 1. The topological polar surface area (TPSA) is 82.4 Å². The number of alkyl halides is 2. The van der Waals surface area contributed by atoms with Crippen LogP contribution in [0.1, 0.15) is 56.3 Å². The van der Waals surface area contributed by atoms with Crippen LogP contribution in [0.5, 0.6) is 5.75 Å². The maximum absolute atomic E-state index is 13.0. The number of rotatable bonds is 7. The summed E-state index contributed by atoms with van der Waals surface area (Å²) in [5.74, 6) is -2.04. The summed E-state index contributed by atoms with van der Waals surface area (Å²) in [5.41, 5.74) is 2.51. The fourth-order valence-corrected chi connectivity index (χ4v) is 4.52. The third-order valence-electron chi connectivity index (χ3n) is 6.42. The molecule has 10 heteroatoms. The molecule has 2 saturated carbocycles. The summed E-state index contributed by atoms with van der Waals surface area (Å²) in [6.07, 6.45) is 5.08. The van der Waals surface area contributed by atoms with Gasteiger partial charge in [0, 0.05) is 33.5 Å². The average Bonchev–Trinajstić information content (AvgIpc) is 3.13. The van der Waals surface area contributed by atoms with Gasteiger partial charge in [-0.25, -0.2) is 23.2 Å². The molecule has 33 heavy (non-hydrogen) atoms. The van der Waals surface area contributed by atoms with Gasteiger partial charge in [-0.15, -0.1) is 5.10 Å². The van der Waals surface area contributed by atoms with Crippen LogP contribution in [-0.2, 0) is 18.4 Å². The van der Waals surface area contributed by atoms with Gasteiger partial charge in [-0.2, -0.15) is 0 Å². The molecule has 0 spiro atoms. The molecule has 2 aromatic heterocycles. The molecular formula is C23H31F2N5O3. The number of nitrogens with zero attached hydrogens (tertiary/aromatic N) is 5. The van der Waals surface area contributed by atoms with Gasteiger partial charge in [0.1, 0.15) is 23.7 Å². The Labute approximate surface area is 192 Å². The van der Waals surface area contributed by atoms with E-state index in [0.717, 1.165) is 24.3 Å². The molecule has 0 atom stereocenters. The first-order valence-corrected chi connectivity index (χ1v) is 11.5. The molecule has 4 rings (SSSR count). The van der Waals surface area contributed by atoms with Crippen molar-refractivity contribution in [3.8, 4) is 17.1 Å². The first-order valence-electron chi connectivity index (χ1n) is 11.5. The SMILES string of the molecule is Cc1nc(-c2nnn(C)c2COC(=O)N(C)CC2CC(F)(F)C2)ccc1OC1CCCCC1. The minimum absolute atomic E-state index is 0.0517. The Morgan fingerprint density at radius 2 is 1.97 bits per heavy atom. The Kier molecular flexibility index (Phi) is 6.81. The largest absolute Gasteiger partial charge is 0.489 e. The van der Waals surface area contributed by atoms with E-state index in [1.165, 1.54) is 24.2 Å². The van der Waals surface area contributed by atoms with Crippen molar-refractivity contribution in [1.82, 2.24) is 24.9 Å². The molecule has 2 aromatic rings. The highest BCUT2D eigenvalue weighted by atomic mass is 19.3. The normalized spacial score (nSPS) is 18.6. The van der Waals surface area contributed by atoms with Crippen molar-refractivity contribution in [2.24, 2.45) is 13.0 Å². The first kappa shape index (κ1) is 23.4. The van der Waals surface area contributed by atoms with Gasteiger partial charge in [-0.1, -0.05) is 11.6 Å². The molecule has 0 aliphatic heterocycles. The quantitative estimate of drug-likeness (QED) is 0.601. The molecule has 180 valence electrons. The number of amides is 1. The van der Waals surface area contributed by atoms with Crippen molar-refractivity contribution in [3.05, 3.63) is 23.5 Å². The van der Waals surface area contributed by atoms with Crippen LogP contribution in [0.4, 0.5) is 13.6 Å². The summed E-state index contributed by atoms with van der Waals surface area (Å²) >= 11 is 0. The van der Waals surface area contributed by atoms with Gasteiger partial charge in [0.15, 0.2) is 0 Å². The van der Waals surface area contributed by atoms with E-state index in [1.807, 2.05) is 19.1 Å². The Morgan fingerprint density at radius 1 is 1.24 bits per heavy atom. The van der Waals surface area contributed by atoms with Crippen molar-refractivity contribution in [3.63, 3.8) is 0 Å². The molecule has 2 aliphatic rings. The first-order chi connectivity index (χ1) is 15.7. The van der Waals surface area contributed by atoms with Gasteiger partial charge in [0.25, 0.3) is 0 Å². The minimum atomic E-state index is -2.60. The van der Waals surface area contributed by atoms with Gasteiger partial charge in [0.2, 0.25) is 5.92 Å². The van der Waals surface area contributed by atoms with Crippen molar-refractivity contribution in [2.75, 3.05) is 13.6 Å². The zero-order valence-electron chi connectivity index (χ0n) is 19.4. The lowest BCUT2D eigenvalue weighted by atomic mass is 9.81. The van der Waals surface area contributed by atoms with Crippen molar-refractivity contribution in [2.45, 2.75) is 70.5 Å². The summed E-state index contributed by atoms with van der Waals surface area (Å²) in [7, 11) is 3.27. The maximum atomic E-state index is 13.0. The third-order valence-corrected chi connectivity index (χ3v) is 6.42. The summed E-state index contributed by atoms with van der Waals surface area (Å²) < 4.78 is 39.2. The average molecular weight is 464 g/mol. The van der Waals surface area contributed by atoms with Crippen molar-refractivity contribution in [1.29, 1.82) is 0 Å². The van der Waals surface area contributed by atoms with Crippen LogP contribution in [0, 0.1) is 12.8 Å². The van der Waals surface area contributed by atoms with Crippen LogP contribution < -0.4 is 4.74 Å². The van der Waals surface area contributed by atoms with Gasteiger partial charge < -0.3 is 14.4 Å². The van der Waals surface area contributed by atoms with Gasteiger partial charge in [0.05, 0.1) is 17.5 Å². The highest BCUT2D eigenvalue weighted by Gasteiger charge is 2.45. The van der Waals surface area contributed by atoms with Crippen LogP contribution in [0.3, 0.4) is 0 Å². The highest BCUT2D eigenvalue weighted by molar-refractivity contribution is 5.67. The minimum Gasteiger partial charge on any atom is -0.489 e. The molecule has 0 aromatic carbocycles. The Balaban J connectivity index is 1.38. The van der Waals surface area contributed by atoms with E-state index in [4.69, 9.17) is 9.47 Å². The molecule has 2 fully saturated rings. The van der Waals surface area contributed by atoms with Crippen LogP contribution in [0.25, 0.3) is 11.4 Å². The summed E-state index contributed by atoms with van der Waals surface area (Å²) in [6, 6.07) is 3.74. The molecule has 8 nitrogen and oxygen atoms in total. The van der Waals surface area contributed by atoms with Gasteiger partial charge >= 0.3 is 6.09 Å². The summed E-state index contributed by atoms with van der Waals surface area (Å²) in [5, 5.41) is 8.26. The lowest BCUT2D eigenvalue weighted by molar-refractivity contribution is -0.114. The fraction of sp³-hybridized carbons (Fsp3) is 0.652. The maximum Gasteiger partial charge on any atom is 0.409 e. The molecule has 0 bridgehead atoms. The zero-order chi connectivity index (χ0) is 23.6. The van der Waals surface area contributed by atoms with E-state index in [-0.39, 0.29) is 38.0 Å². The van der Waals surface area contributed by atoms with Gasteiger partial charge in [-0.3, -0.25) is 0 Å². The van der Waals surface area contributed by atoms with E-state index in [0.29, 0.717) is 17.1 Å². The smallest absolute Gasteiger partial charge is 0.409 e. The monoisotopic (exact) mass is 463 g/mol. The van der Waals surface area contributed by atoms with E-state index in [1.54, 1.807) is 18.8 Å². The molecule has 0 unspecified atom stereocenters. The van der Waals surface area contributed by atoms with E-state index in [2.05, 4.69) is 15.3 Å². The predicted octanol–water partition coefficient (Wildman–Crippen LogP) is 4.51. The standard InChI is InChI=1S/C23H31F2N5O3/c1-15-20(33-17-7-5-4-6-8-17)10-9-18(26-15)21-19(30(3)28-27-21)14-32-22(31)29(2)13-16-11-23(24,25)12-16/h9-10,16-17H,4-8,11-14H2,1-3H3. The van der Waals surface area contributed by atoms with Crippen molar-refractivity contribution >= 4 is 6.09 Å². The Bertz CT molecular complexity index is 982. The summed E-state index contributed by atoms with van der Waals surface area (Å²) in [6.45, 7) is 2.09. The third kappa shape index (κ3) is 5.59. The second-order valence-electron chi connectivity index (χ2n) is 9.23. The number of halogens is 2. The predicted molar refractivity (Wildman–Crippen MR) is 117 cm³/mol. The number of hydrogen-bond acceptors (Lipinski definition) is 6. The number of aryl methyl sites for hydroxylation is 2. The molecule has 1 amide bonds. The lowest BCUT2D eigenvalue weighted by Gasteiger charge is -2.36. The van der Waals surface area contributed by atoms with E-state index < -0.39 is 12.0 Å². The van der Waals surface area contributed by atoms with Gasteiger partial charge in [-0.05, 0) is 50.7 Å². The van der Waals surface area contributed by atoms with Crippen LogP contribution in [0.15, 0.2) is 12.1 Å². The number of aromatic nitrogens is 4. The van der Waals surface area contributed by atoms with E-state index >= 15 is 0 Å². The molecular weight excluding hydrogens is 432 g/mol. The molecule has 0 N–H and O–H groups in total. The Hall–Kier alpha value is -2.78. The number of carbonyl (C=O) groups excluding carboxylic acids is 1. The fourth-order valence-electron chi connectivity index (χ4n) is 4.52. The molecule has 0 saturated heterocycles. The number of hydrogen-bond donors (Lipinski definition) is 0. The van der Waals surface area contributed by atoms with Crippen molar-refractivity contribution < 1.29 is 23.0 Å². The second-order valence-corrected chi connectivity index (χ2v) is 9.23. The Morgan fingerprint density at radius 3 is 2.64 bits per heavy atom. The molecule has 2 heterocycles. The zero-order valence-corrected chi connectivity index (χ0v) is 19.4. The number of pyridine rings is 1. The van der Waals surface area contributed by atoms with E-state index in [9.17, 15) is 13.6 Å². The molecule has 2 aliphatic carbocycles.